The second-order valence-electron chi connectivity index (χ2n) is 7.24. The molecule has 1 aromatic heterocycles. The van der Waals surface area contributed by atoms with Crippen molar-refractivity contribution >= 4 is 17.5 Å². The van der Waals surface area contributed by atoms with Gasteiger partial charge >= 0.3 is 0 Å². The molecule has 1 aliphatic rings. The number of aryl methyl sites for hydroxylation is 2. The lowest BCUT2D eigenvalue weighted by atomic mass is 9.95. The lowest BCUT2D eigenvalue weighted by molar-refractivity contribution is -0.120. The second-order valence-corrected chi connectivity index (χ2v) is 7.24. The van der Waals surface area contributed by atoms with Gasteiger partial charge in [0.2, 0.25) is 11.9 Å². The minimum Gasteiger partial charge on any atom is -0.339 e. The summed E-state index contributed by atoms with van der Waals surface area (Å²) in [5.74, 6) is 0.816. The highest BCUT2D eigenvalue weighted by atomic mass is 16.1. The van der Waals surface area contributed by atoms with Crippen LogP contribution in [0.3, 0.4) is 0 Å². The van der Waals surface area contributed by atoms with E-state index in [-0.39, 0.29) is 11.8 Å². The molecular formula is C21H24N6O. The number of nitrogens with one attached hydrogen (secondary N) is 1. The lowest BCUT2D eigenvalue weighted by Crippen LogP contribution is -2.39. The van der Waals surface area contributed by atoms with Crippen LogP contribution in [0.5, 0.6) is 0 Å². The molecule has 0 saturated carbocycles. The molecule has 7 nitrogen and oxygen atoms in total. The van der Waals surface area contributed by atoms with Crippen molar-refractivity contribution in [2.24, 2.45) is 5.92 Å². The quantitative estimate of drug-likeness (QED) is 0.757. The van der Waals surface area contributed by atoms with Crippen molar-refractivity contribution in [2.75, 3.05) is 23.3 Å². The molecule has 1 saturated heterocycles. The number of hydrogen-bond acceptors (Lipinski definition) is 5. The van der Waals surface area contributed by atoms with Gasteiger partial charge < -0.3 is 10.2 Å². The average molecular weight is 376 g/mol. The maximum atomic E-state index is 12.8. The van der Waals surface area contributed by atoms with Gasteiger partial charge in [-0.2, -0.15) is 4.68 Å². The molecular weight excluding hydrogens is 352 g/mol. The number of para-hydroxylation sites is 2. The van der Waals surface area contributed by atoms with Gasteiger partial charge in [0.1, 0.15) is 0 Å². The molecule has 1 aliphatic heterocycles. The van der Waals surface area contributed by atoms with E-state index in [0.717, 1.165) is 54.4 Å². The normalized spacial score (nSPS) is 14.9. The smallest absolute Gasteiger partial charge is 0.250 e. The molecule has 4 rings (SSSR count). The van der Waals surface area contributed by atoms with Gasteiger partial charge in [0, 0.05) is 24.7 Å². The Balaban J connectivity index is 1.42. The highest BCUT2D eigenvalue weighted by Crippen LogP contribution is 2.26. The third-order valence-corrected chi connectivity index (χ3v) is 5.33. The van der Waals surface area contributed by atoms with E-state index in [0.29, 0.717) is 0 Å². The molecule has 7 heteroatoms. The molecule has 2 heterocycles. The number of amides is 1. The first-order chi connectivity index (χ1) is 13.6. The van der Waals surface area contributed by atoms with E-state index < -0.39 is 0 Å². The Hall–Kier alpha value is -3.22. The van der Waals surface area contributed by atoms with Crippen LogP contribution in [-0.2, 0) is 4.79 Å². The number of nitrogens with zero attached hydrogens (tertiary/aromatic N) is 5. The topological polar surface area (TPSA) is 75.9 Å². The Morgan fingerprint density at radius 1 is 1.00 bits per heavy atom. The van der Waals surface area contributed by atoms with Crippen LogP contribution in [0.4, 0.5) is 11.6 Å². The van der Waals surface area contributed by atoms with Gasteiger partial charge in [0.15, 0.2) is 0 Å². The third-order valence-electron chi connectivity index (χ3n) is 5.33. The van der Waals surface area contributed by atoms with Crippen LogP contribution < -0.4 is 10.2 Å². The maximum absolute atomic E-state index is 12.8. The van der Waals surface area contributed by atoms with Crippen LogP contribution in [-0.4, -0.2) is 39.2 Å². The summed E-state index contributed by atoms with van der Waals surface area (Å²) in [6.45, 7) is 5.54. The number of carbonyl (C=O) groups excluding carboxylic acids is 1. The van der Waals surface area contributed by atoms with E-state index in [4.69, 9.17) is 0 Å². The van der Waals surface area contributed by atoms with E-state index in [2.05, 4.69) is 25.7 Å². The Morgan fingerprint density at radius 2 is 1.68 bits per heavy atom. The summed E-state index contributed by atoms with van der Waals surface area (Å²) < 4.78 is 1.75. The predicted octanol–water partition coefficient (Wildman–Crippen LogP) is 3.13. The number of rotatable bonds is 4. The van der Waals surface area contributed by atoms with Crippen molar-refractivity contribution in [3.8, 4) is 5.69 Å². The first-order valence-corrected chi connectivity index (χ1v) is 9.59. The molecule has 28 heavy (non-hydrogen) atoms. The highest BCUT2D eigenvalue weighted by Gasteiger charge is 2.28. The number of piperidine rings is 1. The summed E-state index contributed by atoms with van der Waals surface area (Å²) in [4.78, 5) is 14.9. The SMILES string of the molecule is Cc1cccc(C)c1NC(=O)C1CCN(c2nnnn2-c2ccccc2)CC1. The first-order valence-electron chi connectivity index (χ1n) is 9.59. The Labute approximate surface area is 164 Å². The molecule has 0 radical (unpaired) electrons. The molecule has 3 aromatic rings. The zero-order valence-electron chi connectivity index (χ0n) is 16.2. The van der Waals surface area contributed by atoms with Crippen LogP contribution in [0.1, 0.15) is 24.0 Å². The van der Waals surface area contributed by atoms with Gasteiger partial charge in [-0.15, -0.1) is 0 Å². The van der Waals surface area contributed by atoms with Crippen LogP contribution in [0.25, 0.3) is 5.69 Å². The number of aromatic nitrogens is 4. The molecule has 1 fully saturated rings. The highest BCUT2D eigenvalue weighted by molar-refractivity contribution is 5.94. The largest absolute Gasteiger partial charge is 0.339 e. The van der Waals surface area contributed by atoms with Crippen LogP contribution in [0, 0.1) is 19.8 Å². The van der Waals surface area contributed by atoms with E-state index in [9.17, 15) is 4.79 Å². The van der Waals surface area contributed by atoms with Crippen LogP contribution >= 0.6 is 0 Å². The predicted molar refractivity (Wildman–Crippen MR) is 109 cm³/mol. The number of tetrazole rings is 1. The summed E-state index contributed by atoms with van der Waals surface area (Å²) in [6.07, 6.45) is 1.55. The summed E-state index contributed by atoms with van der Waals surface area (Å²) in [5.41, 5.74) is 4.04. The van der Waals surface area contributed by atoms with E-state index in [1.165, 1.54) is 0 Å². The number of carbonyl (C=O) groups is 1. The Kier molecular flexibility index (Phi) is 5.06. The van der Waals surface area contributed by atoms with Gasteiger partial charge in [-0.05, 0) is 60.4 Å². The maximum Gasteiger partial charge on any atom is 0.250 e. The number of hydrogen-bond donors (Lipinski definition) is 1. The van der Waals surface area contributed by atoms with Gasteiger partial charge in [0.05, 0.1) is 5.69 Å². The van der Waals surface area contributed by atoms with Crippen LogP contribution in [0.15, 0.2) is 48.5 Å². The van der Waals surface area contributed by atoms with Crippen molar-refractivity contribution < 1.29 is 4.79 Å². The molecule has 0 atom stereocenters. The van der Waals surface area contributed by atoms with E-state index >= 15 is 0 Å². The molecule has 144 valence electrons. The van der Waals surface area contributed by atoms with Crippen molar-refractivity contribution in [3.05, 3.63) is 59.7 Å². The molecule has 1 N–H and O–H groups in total. The first kappa shape index (κ1) is 18.2. The number of anilines is 2. The fraction of sp³-hybridized carbons (Fsp3) is 0.333. The Morgan fingerprint density at radius 3 is 2.36 bits per heavy atom. The van der Waals surface area contributed by atoms with Gasteiger partial charge in [0.25, 0.3) is 0 Å². The van der Waals surface area contributed by atoms with Crippen molar-refractivity contribution in [2.45, 2.75) is 26.7 Å². The van der Waals surface area contributed by atoms with Gasteiger partial charge in [-0.25, -0.2) is 0 Å². The monoisotopic (exact) mass is 376 g/mol. The fourth-order valence-corrected chi connectivity index (χ4v) is 3.69. The van der Waals surface area contributed by atoms with Gasteiger partial charge in [-0.3, -0.25) is 4.79 Å². The minimum atomic E-state index is -0.00341. The summed E-state index contributed by atoms with van der Waals surface area (Å²) >= 11 is 0. The summed E-state index contributed by atoms with van der Waals surface area (Å²) in [5, 5.41) is 15.3. The molecule has 0 unspecified atom stereocenters. The zero-order chi connectivity index (χ0) is 19.5. The average Bonchev–Trinajstić information content (AvgIpc) is 3.21. The third kappa shape index (κ3) is 3.60. The number of benzene rings is 2. The van der Waals surface area contributed by atoms with Gasteiger partial charge in [-0.1, -0.05) is 41.5 Å². The van der Waals surface area contributed by atoms with Crippen molar-refractivity contribution in [3.63, 3.8) is 0 Å². The van der Waals surface area contributed by atoms with Crippen LogP contribution in [0.2, 0.25) is 0 Å². The van der Waals surface area contributed by atoms with E-state index in [1.54, 1.807) is 4.68 Å². The van der Waals surface area contributed by atoms with Crippen molar-refractivity contribution in [1.29, 1.82) is 0 Å². The van der Waals surface area contributed by atoms with Crippen molar-refractivity contribution in [1.82, 2.24) is 20.2 Å². The standard InChI is InChI=1S/C21H24N6O/c1-15-7-6-8-16(2)19(15)22-20(28)17-11-13-26(14-12-17)21-23-24-25-27(21)18-9-4-3-5-10-18/h3-10,17H,11-14H2,1-2H3,(H,22,28). The molecule has 1 amide bonds. The Bertz CT molecular complexity index is 940. The fourth-order valence-electron chi connectivity index (χ4n) is 3.69. The minimum absolute atomic E-state index is 0.00341. The van der Waals surface area contributed by atoms with E-state index in [1.807, 2.05) is 62.4 Å². The lowest BCUT2D eigenvalue weighted by Gasteiger charge is -2.31. The molecule has 0 bridgehead atoms. The summed E-state index contributed by atoms with van der Waals surface area (Å²) in [7, 11) is 0. The summed E-state index contributed by atoms with van der Waals surface area (Å²) in [6, 6.07) is 15.9. The molecule has 0 spiro atoms. The molecule has 0 aliphatic carbocycles. The molecule has 2 aromatic carbocycles. The second kappa shape index (κ2) is 7.80. The zero-order valence-corrected chi connectivity index (χ0v) is 16.2.